The van der Waals surface area contributed by atoms with E-state index in [4.69, 9.17) is 4.74 Å². The third-order valence-corrected chi connectivity index (χ3v) is 9.60. The second-order valence-electron chi connectivity index (χ2n) is 10.2. The van der Waals surface area contributed by atoms with E-state index in [1.807, 2.05) is 6.92 Å². The Morgan fingerprint density at radius 3 is 2.29 bits per heavy atom. The first-order valence-electron chi connectivity index (χ1n) is 13.9. The van der Waals surface area contributed by atoms with Crippen LogP contribution in [0.2, 0.25) is 0 Å². The molecule has 0 heterocycles. The van der Waals surface area contributed by atoms with E-state index in [-0.39, 0.29) is 34.6 Å². The number of halogens is 2. The lowest BCUT2D eigenvalue weighted by molar-refractivity contribution is -0.139. The lowest BCUT2D eigenvalue weighted by atomic mass is 10.1. The van der Waals surface area contributed by atoms with Crippen molar-refractivity contribution in [2.45, 2.75) is 63.1 Å². The largest absolute Gasteiger partial charge is 0.494 e. The molecule has 42 heavy (non-hydrogen) atoms. The van der Waals surface area contributed by atoms with Gasteiger partial charge >= 0.3 is 0 Å². The van der Waals surface area contributed by atoms with Crippen molar-refractivity contribution in [2.24, 2.45) is 0 Å². The summed E-state index contributed by atoms with van der Waals surface area (Å²) in [7, 11) is -4.22. The third-order valence-electron chi connectivity index (χ3n) is 7.28. The molecule has 0 radical (unpaired) electrons. The topological polar surface area (TPSA) is 96.0 Å². The van der Waals surface area contributed by atoms with Crippen molar-refractivity contribution in [3.8, 4) is 5.75 Å². The molecule has 1 atom stereocenters. The Morgan fingerprint density at radius 2 is 1.67 bits per heavy atom. The van der Waals surface area contributed by atoms with Crippen LogP contribution in [-0.2, 0) is 26.2 Å². The van der Waals surface area contributed by atoms with Crippen LogP contribution in [0.4, 0.5) is 10.1 Å². The minimum atomic E-state index is -4.22. The molecule has 1 saturated carbocycles. The molecule has 1 aliphatic carbocycles. The number of benzene rings is 3. The standard InChI is InChI=1S/C31H35BrFN3O5S/c1-3-41-27-16-14-26(15-17-27)36(42(39,40)28-18-12-24(32)13-19-28)21-30(37)35(20-23-8-4-7-11-29(23)33)22(2)31(38)34-25-9-5-6-10-25/h4,7-8,11-19,22,25H,3,5-6,9-10,20-21H2,1-2H3,(H,34,38)/t22-/m0/s1. The lowest BCUT2D eigenvalue weighted by Gasteiger charge is -2.32. The van der Waals surface area contributed by atoms with E-state index in [0.717, 1.165) is 30.0 Å². The number of hydrogen-bond donors (Lipinski definition) is 1. The third kappa shape index (κ3) is 7.69. The van der Waals surface area contributed by atoms with Gasteiger partial charge in [0.1, 0.15) is 24.2 Å². The van der Waals surface area contributed by atoms with Gasteiger partial charge in [0.2, 0.25) is 11.8 Å². The monoisotopic (exact) mass is 659 g/mol. The minimum absolute atomic E-state index is 0.0138. The maximum absolute atomic E-state index is 14.7. The maximum atomic E-state index is 14.7. The summed E-state index contributed by atoms with van der Waals surface area (Å²) in [5, 5.41) is 3.00. The highest BCUT2D eigenvalue weighted by Gasteiger charge is 2.33. The molecule has 1 N–H and O–H groups in total. The van der Waals surface area contributed by atoms with E-state index in [1.165, 1.54) is 23.1 Å². The van der Waals surface area contributed by atoms with Crippen molar-refractivity contribution in [3.05, 3.63) is 88.6 Å². The Labute approximate surface area is 255 Å². The van der Waals surface area contributed by atoms with Crippen molar-refractivity contribution in [1.82, 2.24) is 10.2 Å². The first-order chi connectivity index (χ1) is 20.1. The number of hydrogen-bond acceptors (Lipinski definition) is 5. The van der Waals surface area contributed by atoms with Crippen molar-refractivity contribution < 1.29 is 27.1 Å². The molecule has 0 aromatic heterocycles. The number of anilines is 1. The summed E-state index contributed by atoms with van der Waals surface area (Å²) in [6.07, 6.45) is 3.75. The second-order valence-corrected chi connectivity index (χ2v) is 12.9. The molecule has 11 heteroatoms. The SMILES string of the molecule is CCOc1ccc(N(CC(=O)N(Cc2ccccc2F)[C@@H](C)C(=O)NC2CCCC2)S(=O)(=O)c2ccc(Br)cc2)cc1. The van der Waals surface area contributed by atoms with E-state index in [0.29, 0.717) is 16.8 Å². The van der Waals surface area contributed by atoms with Crippen LogP contribution in [-0.4, -0.2) is 50.4 Å². The Kier molecular flexibility index (Phi) is 10.6. The molecule has 3 aromatic carbocycles. The second kappa shape index (κ2) is 14.2. The van der Waals surface area contributed by atoms with Gasteiger partial charge in [-0.05, 0) is 81.3 Å². The summed E-state index contributed by atoms with van der Waals surface area (Å²) < 4.78 is 49.8. The predicted octanol–water partition coefficient (Wildman–Crippen LogP) is 5.66. The maximum Gasteiger partial charge on any atom is 0.264 e. The van der Waals surface area contributed by atoms with Crippen LogP contribution in [0.3, 0.4) is 0 Å². The number of sulfonamides is 1. The summed E-state index contributed by atoms with van der Waals surface area (Å²) in [4.78, 5) is 28.5. The minimum Gasteiger partial charge on any atom is -0.494 e. The van der Waals surface area contributed by atoms with Gasteiger partial charge in [0, 0.05) is 22.6 Å². The Morgan fingerprint density at radius 1 is 1.02 bits per heavy atom. The molecular formula is C31H35BrFN3O5S. The zero-order valence-electron chi connectivity index (χ0n) is 23.6. The highest BCUT2D eigenvalue weighted by Crippen LogP contribution is 2.28. The van der Waals surface area contributed by atoms with Crippen molar-refractivity contribution >= 4 is 43.5 Å². The van der Waals surface area contributed by atoms with Gasteiger partial charge in [-0.25, -0.2) is 12.8 Å². The molecule has 0 aliphatic heterocycles. The van der Waals surface area contributed by atoms with Crippen LogP contribution in [0.5, 0.6) is 5.75 Å². The van der Waals surface area contributed by atoms with E-state index in [2.05, 4.69) is 21.2 Å². The van der Waals surface area contributed by atoms with E-state index < -0.39 is 34.3 Å². The number of carbonyl (C=O) groups is 2. The molecule has 0 saturated heterocycles. The molecule has 0 unspecified atom stereocenters. The van der Waals surface area contributed by atoms with Gasteiger partial charge in [-0.2, -0.15) is 0 Å². The molecular weight excluding hydrogens is 625 g/mol. The first-order valence-corrected chi connectivity index (χ1v) is 16.2. The van der Waals surface area contributed by atoms with Gasteiger partial charge in [-0.15, -0.1) is 0 Å². The number of nitrogens with one attached hydrogen (secondary N) is 1. The lowest BCUT2D eigenvalue weighted by Crippen LogP contribution is -2.52. The number of carbonyl (C=O) groups excluding carboxylic acids is 2. The number of amides is 2. The van der Waals surface area contributed by atoms with Gasteiger partial charge in [-0.1, -0.05) is 47.0 Å². The molecule has 1 aliphatic rings. The van der Waals surface area contributed by atoms with Gasteiger partial charge in [0.25, 0.3) is 10.0 Å². The molecule has 0 spiro atoms. The summed E-state index contributed by atoms with van der Waals surface area (Å²) in [5.74, 6) is -0.992. The zero-order chi connectivity index (χ0) is 30.3. The van der Waals surface area contributed by atoms with Crippen LogP contribution in [0.25, 0.3) is 0 Å². The average Bonchev–Trinajstić information content (AvgIpc) is 3.49. The molecule has 1 fully saturated rings. The Balaban J connectivity index is 1.69. The first kappa shape index (κ1) is 31.5. The molecule has 2 amide bonds. The van der Waals surface area contributed by atoms with Crippen LogP contribution in [0.15, 0.2) is 82.2 Å². The Bertz CT molecular complexity index is 1480. The van der Waals surface area contributed by atoms with E-state index in [1.54, 1.807) is 61.5 Å². The number of rotatable bonds is 12. The summed E-state index contributed by atoms with van der Waals surface area (Å²) in [6, 6.07) is 17.5. The fourth-order valence-corrected chi connectivity index (χ4v) is 6.60. The average molecular weight is 661 g/mol. The summed E-state index contributed by atoms with van der Waals surface area (Å²) in [6.45, 7) is 3.03. The smallest absolute Gasteiger partial charge is 0.264 e. The van der Waals surface area contributed by atoms with Crippen LogP contribution in [0, 0.1) is 5.82 Å². The summed E-state index contributed by atoms with van der Waals surface area (Å²) in [5.41, 5.74) is 0.457. The zero-order valence-corrected chi connectivity index (χ0v) is 26.0. The fourth-order valence-electron chi connectivity index (χ4n) is 4.92. The fraction of sp³-hybridized carbons (Fsp3) is 0.355. The predicted molar refractivity (Wildman–Crippen MR) is 163 cm³/mol. The Hall–Kier alpha value is -3.44. The molecule has 8 nitrogen and oxygen atoms in total. The molecule has 0 bridgehead atoms. The van der Waals surface area contributed by atoms with Crippen molar-refractivity contribution in [2.75, 3.05) is 17.5 Å². The van der Waals surface area contributed by atoms with E-state index in [9.17, 15) is 22.4 Å². The summed E-state index contributed by atoms with van der Waals surface area (Å²) >= 11 is 3.32. The molecule has 224 valence electrons. The van der Waals surface area contributed by atoms with Crippen LogP contribution in [0.1, 0.15) is 45.1 Å². The van der Waals surface area contributed by atoms with Crippen molar-refractivity contribution in [3.63, 3.8) is 0 Å². The van der Waals surface area contributed by atoms with Gasteiger partial charge < -0.3 is 15.0 Å². The van der Waals surface area contributed by atoms with Crippen molar-refractivity contribution in [1.29, 1.82) is 0 Å². The van der Waals surface area contributed by atoms with Gasteiger partial charge in [0.05, 0.1) is 17.2 Å². The van der Waals surface area contributed by atoms with Gasteiger partial charge in [0.15, 0.2) is 0 Å². The van der Waals surface area contributed by atoms with Gasteiger partial charge in [-0.3, -0.25) is 13.9 Å². The van der Waals surface area contributed by atoms with E-state index >= 15 is 0 Å². The van der Waals surface area contributed by atoms with Crippen LogP contribution < -0.4 is 14.4 Å². The molecule has 3 aromatic rings. The highest BCUT2D eigenvalue weighted by molar-refractivity contribution is 9.10. The normalized spacial score (nSPS) is 14.3. The number of nitrogens with zero attached hydrogens (tertiary/aromatic N) is 2. The highest BCUT2D eigenvalue weighted by atomic mass is 79.9. The van der Waals surface area contributed by atoms with Crippen LogP contribution >= 0.6 is 15.9 Å². The molecule has 4 rings (SSSR count). The quantitative estimate of drug-likeness (QED) is 0.271. The number of ether oxygens (including phenoxy) is 1.